The fourth-order valence-corrected chi connectivity index (χ4v) is 3.50. The van der Waals surface area contributed by atoms with Crippen molar-refractivity contribution < 1.29 is 42.9 Å². The molecular formula is C32H32O9. The van der Waals surface area contributed by atoms with Gasteiger partial charge >= 0.3 is 24.1 Å². The quantitative estimate of drug-likeness (QED) is 0.0755. The highest BCUT2D eigenvalue weighted by atomic mass is 16.7. The van der Waals surface area contributed by atoms with Crippen LogP contribution in [0.4, 0.5) is 4.79 Å². The van der Waals surface area contributed by atoms with E-state index in [9.17, 15) is 19.2 Å². The number of unbranched alkanes of at least 4 members (excludes halogenated alkanes) is 3. The van der Waals surface area contributed by atoms with Gasteiger partial charge in [0.25, 0.3) is 0 Å². The number of aryl methyl sites for hydroxylation is 2. The Kier molecular flexibility index (Phi) is 11.7. The lowest BCUT2D eigenvalue weighted by atomic mass is 10.1. The van der Waals surface area contributed by atoms with Crippen molar-refractivity contribution in [1.29, 1.82) is 0 Å². The second-order valence-electron chi connectivity index (χ2n) is 9.06. The zero-order valence-corrected chi connectivity index (χ0v) is 23.1. The summed E-state index contributed by atoms with van der Waals surface area (Å²) in [6.07, 6.45) is 3.25. The molecule has 0 saturated carbocycles. The molecule has 0 atom stereocenters. The van der Waals surface area contributed by atoms with E-state index in [1.807, 2.05) is 19.9 Å². The van der Waals surface area contributed by atoms with Gasteiger partial charge in [0.05, 0.1) is 24.3 Å². The number of esters is 3. The molecule has 0 fully saturated rings. The molecule has 9 heteroatoms. The van der Waals surface area contributed by atoms with Crippen molar-refractivity contribution in [2.45, 2.75) is 39.5 Å². The summed E-state index contributed by atoms with van der Waals surface area (Å²) in [6, 6.07) is 17.2. The van der Waals surface area contributed by atoms with E-state index in [1.54, 1.807) is 12.1 Å². The Labute approximate surface area is 238 Å². The first-order valence-corrected chi connectivity index (χ1v) is 13.1. The van der Waals surface area contributed by atoms with Gasteiger partial charge in [-0.25, -0.2) is 19.2 Å². The number of ether oxygens (including phenoxy) is 5. The van der Waals surface area contributed by atoms with Crippen LogP contribution in [0.2, 0.25) is 0 Å². The first-order chi connectivity index (χ1) is 19.7. The summed E-state index contributed by atoms with van der Waals surface area (Å²) in [5, 5.41) is 0. The van der Waals surface area contributed by atoms with Gasteiger partial charge < -0.3 is 23.7 Å². The molecule has 3 rings (SSSR count). The van der Waals surface area contributed by atoms with E-state index in [0.717, 1.165) is 30.0 Å². The van der Waals surface area contributed by atoms with Gasteiger partial charge in [0, 0.05) is 6.08 Å². The zero-order chi connectivity index (χ0) is 29.6. The average Bonchev–Trinajstić information content (AvgIpc) is 2.97. The van der Waals surface area contributed by atoms with Crippen molar-refractivity contribution in [3.05, 3.63) is 102 Å². The highest BCUT2D eigenvalue weighted by molar-refractivity contribution is 5.92. The number of rotatable bonds is 13. The van der Waals surface area contributed by atoms with Gasteiger partial charge in [-0.05, 0) is 111 Å². The Morgan fingerprint density at radius 2 is 1.10 bits per heavy atom. The molecule has 0 aliphatic carbocycles. The molecule has 9 nitrogen and oxygen atoms in total. The zero-order valence-electron chi connectivity index (χ0n) is 23.1. The average molecular weight is 561 g/mol. The third-order valence-corrected chi connectivity index (χ3v) is 5.95. The van der Waals surface area contributed by atoms with Gasteiger partial charge in [-0.2, -0.15) is 0 Å². The summed E-state index contributed by atoms with van der Waals surface area (Å²) in [6.45, 7) is 7.76. The lowest BCUT2D eigenvalue weighted by Gasteiger charge is -2.08. The molecule has 0 aromatic heterocycles. The van der Waals surface area contributed by atoms with Crippen molar-refractivity contribution in [2.24, 2.45) is 0 Å². The Balaban J connectivity index is 1.38. The Morgan fingerprint density at radius 3 is 1.63 bits per heavy atom. The van der Waals surface area contributed by atoms with Gasteiger partial charge in [-0.15, -0.1) is 0 Å². The minimum atomic E-state index is -0.851. The lowest BCUT2D eigenvalue weighted by Crippen LogP contribution is -2.12. The Bertz CT molecular complexity index is 1360. The van der Waals surface area contributed by atoms with Crippen LogP contribution >= 0.6 is 0 Å². The summed E-state index contributed by atoms with van der Waals surface area (Å²) in [5.41, 5.74) is 2.66. The van der Waals surface area contributed by atoms with Crippen molar-refractivity contribution in [2.75, 3.05) is 13.2 Å². The Morgan fingerprint density at radius 1 is 0.610 bits per heavy atom. The SMILES string of the molecule is C=CC(=O)OCCCCCCOC(=O)Oc1ccc(C(=O)Oc2ccc(C(=O)Oc3ccc(C)c(C)c3)cc2)cc1. The molecule has 0 bridgehead atoms. The van der Waals surface area contributed by atoms with E-state index < -0.39 is 24.1 Å². The predicted octanol–water partition coefficient (Wildman–Crippen LogP) is 6.55. The fourth-order valence-electron chi connectivity index (χ4n) is 3.50. The van der Waals surface area contributed by atoms with Gasteiger partial charge in [0.2, 0.25) is 0 Å². The Hall–Kier alpha value is -4.92. The molecule has 214 valence electrons. The fraction of sp³-hybridized carbons (Fsp3) is 0.250. The highest BCUT2D eigenvalue weighted by Crippen LogP contribution is 2.20. The number of hydrogen-bond acceptors (Lipinski definition) is 9. The maximum absolute atomic E-state index is 12.5. The molecule has 0 spiro atoms. The molecule has 0 amide bonds. The van der Waals surface area contributed by atoms with Crippen LogP contribution in [0, 0.1) is 13.8 Å². The predicted molar refractivity (Wildman–Crippen MR) is 150 cm³/mol. The van der Waals surface area contributed by atoms with Crippen LogP contribution in [-0.2, 0) is 14.3 Å². The van der Waals surface area contributed by atoms with Crippen molar-refractivity contribution in [1.82, 2.24) is 0 Å². The molecule has 3 aromatic rings. The summed E-state index contributed by atoms with van der Waals surface area (Å²) >= 11 is 0. The van der Waals surface area contributed by atoms with E-state index in [4.69, 9.17) is 23.7 Å². The van der Waals surface area contributed by atoms with Crippen LogP contribution in [0.15, 0.2) is 79.4 Å². The number of carbonyl (C=O) groups excluding carboxylic acids is 4. The molecule has 0 aliphatic heterocycles. The van der Waals surface area contributed by atoms with Crippen LogP contribution in [0.3, 0.4) is 0 Å². The molecule has 0 unspecified atom stereocenters. The van der Waals surface area contributed by atoms with Crippen LogP contribution in [0.25, 0.3) is 0 Å². The van der Waals surface area contributed by atoms with Crippen LogP contribution in [0.1, 0.15) is 57.5 Å². The second kappa shape index (κ2) is 15.6. The molecule has 3 aromatic carbocycles. The van der Waals surface area contributed by atoms with E-state index in [0.29, 0.717) is 30.8 Å². The summed E-state index contributed by atoms with van der Waals surface area (Å²) < 4.78 is 25.8. The number of benzene rings is 3. The normalized spacial score (nSPS) is 10.3. The third kappa shape index (κ3) is 10.3. The van der Waals surface area contributed by atoms with Crippen molar-refractivity contribution in [3.63, 3.8) is 0 Å². The summed E-state index contributed by atoms with van der Waals surface area (Å²) in [4.78, 5) is 47.8. The molecule has 41 heavy (non-hydrogen) atoms. The summed E-state index contributed by atoms with van der Waals surface area (Å²) in [5.74, 6) is -0.679. The first kappa shape index (κ1) is 30.6. The smallest absolute Gasteiger partial charge is 0.463 e. The van der Waals surface area contributed by atoms with E-state index in [-0.39, 0.29) is 23.7 Å². The molecule has 0 saturated heterocycles. The molecule has 0 heterocycles. The van der Waals surface area contributed by atoms with Crippen molar-refractivity contribution >= 4 is 24.1 Å². The largest absolute Gasteiger partial charge is 0.513 e. The monoisotopic (exact) mass is 560 g/mol. The van der Waals surface area contributed by atoms with Gasteiger partial charge in [-0.3, -0.25) is 0 Å². The lowest BCUT2D eigenvalue weighted by molar-refractivity contribution is -0.137. The molecule has 0 N–H and O–H groups in total. The van der Waals surface area contributed by atoms with E-state index >= 15 is 0 Å². The van der Waals surface area contributed by atoms with Gasteiger partial charge in [0.15, 0.2) is 0 Å². The highest BCUT2D eigenvalue weighted by Gasteiger charge is 2.13. The molecule has 0 aliphatic rings. The summed E-state index contributed by atoms with van der Waals surface area (Å²) in [7, 11) is 0. The van der Waals surface area contributed by atoms with Crippen LogP contribution < -0.4 is 14.2 Å². The van der Waals surface area contributed by atoms with Gasteiger partial charge in [0.1, 0.15) is 17.2 Å². The van der Waals surface area contributed by atoms with Crippen molar-refractivity contribution in [3.8, 4) is 17.2 Å². The number of hydrogen-bond donors (Lipinski definition) is 0. The minimum Gasteiger partial charge on any atom is -0.463 e. The molecule has 0 radical (unpaired) electrons. The van der Waals surface area contributed by atoms with Crippen LogP contribution in [0.5, 0.6) is 17.2 Å². The van der Waals surface area contributed by atoms with Crippen LogP contribution in [-0.4, -0.2) is 37.3 Å². The third-order valence-electron chi connectivity index (χ3n) is 5.95. The molecular weight excluding hydrogens is 528 g/mol. The first-order valence-electron chi connectivity index (χ1n) is 13.1. The second-order valence-corrected chi connectivity index (χ2v) is 9.06. The maximum atomic E-state index is 12.5. The maximum Gasteiger partial charge on any atom is 0.513 e. The topological polar surface area (TPSA) is 114 Å². The minimum absolute atomic E-state index is 0.192. The van der Waals surface area contributed by atoms with E-state index in [1.165, 1.54) is 48.5 Å². The van der Waals surface area contributed by atoms with Gasteiger partial charge in [-0.1, -0.05) is 12.6 Å². The standard InChI is InChI=1S/C32H32O9/c1-4-29(33)37-19-7-5-6-8-20-38-32(36)41-27-17-12-24(13-18-27)30(34)39-26-15-10-25(11-16-26)31(35)40-28-14-9-22(2)23(3)21-28/h4,9-18,21H,1,5-8,19-20H2,2-3H3. The number of carbonyl (C=O) groups is 4. The van der Waals surface area contributed by atoms with E-state index in [2.05, 4.69) is 6.58 Å².